The summed E-state index contributed by atoms with van der Waals surface area (Å²) in [6.45, 7) is 6.20. The molecule has 3 heteroatoms. The Hall–Kier alpha value is -0.180. The average Bonchev–Trinajstić information content (AvgIpc) is 2.41. The van der Waals surface area contributed by atoms with E-state index in [2.05, 4.69) is 19.2 Å². The van der Waals surface area contributed by atoms with Gasteiger partial charge in [-0.2, -0.15) is 0 Å². The van der Waals surface area contributed by atoms with Gasteiger partial charge in [-0.25, -0.2) is 0 Å². The third-order valence-corrected chi connectivity index (χ3v) is 4.15. The van der Waals surface area contributed by atoms with Crippen LogP contribution in [0.1, 0.15) is 91.4 Å². The maximum atomic E-state index is 11.3. The van der Waals surface area contributed by atoms with Crippen LogP contribution in [0.5, 0.6) is 0 Å². The molecule has 0 heterocycles. The monoisotopic (exact) mass is 300 g/mol. The smallest absolute Gasteiger partial charge is 0.219 e. The zero-order chi connectivity index (χ0) is 15.2. The number of hydrogen-bond donors (Lipinski definition) is 1. The Balaban J connectivity index is 3.40. The lowest BCUT2D eigenvalue weighted by atomic mass is 10.0. The van der Waals surface area contributed by atoms with Crippen LogP contribution in [0.4, 0.5) is 0 Å². The lowest BCUT2D eigenvalue weighted by Gasteiger charge is -2.17. The summed E-state index contributed by atoms with van der Waals surface area (Å²) in [6.07, 6.45) is 13.4. The molecule has 0 bridgehead atoms. The Morgan fingerprint density at radius 2 is 1.55 bits per heavy atom. The van der Waals surface area contributed by atoms with Crippen molar-refractivity contribution >= 4 is 18.5 Å². The van der Waals surface area contributed by atoms with E-state index in [1.165, 1.54) is 51.4 Å². The topological polar surface area (TPSA) is 29.1 Å². The first kappa shape index (κ1) is 19.8. The molecule has 2 atom stereocenters. The van der Waals surface area contributed by atoms with Crippen molar-refractivity contribution in [3.05, 3.63) is 0 Å². The standard InChI is InChI=1S/C17H34NOS/c1-4-6-7-8-9-10-11-12-13-16(20)14-15(3)18-17(19)5-2/h15-16H,4-14H2,1-3H3,(H,18,19). The molecule has 0 saturated carbocycles. The maximum absolute atomic E-state index is 11.3. The molecule has 0 rings (SSSR count). The van der Waals surface area contributed by atoms with Gasteiger partial charge in [0, 0.05) is 17.7 Å². The van der Waals surface area contributed by atoms with E-state index in [-0.39, 0.29) is 11.9 Å². The van der Waals surface area contributed by atoms with Crippen LogP contribution in [0.3, 0.4) is 0 Å². The van der Waals surface area contributed by atoms with Crippen LogP contribution in [-0.2, 0) is 4.79 Å². The van der Waals surface area contributed by atoms with Gasteiger partial charge < -0.3 is 5.32 Å². The van der Waals surface area contributed by atoms with E-state index < -0.39 is 0 Å². The molecule has 1 radical (unpaired) electrons. The second-order valence-electron chi connectivity index (χ2n) is 5.94. The van der Waals surface area contributed by atoms with Gasteiger partial charge in [0.15, 0.2) is 0 Å². The highest BCUT2D eigenvalue weighted by Crippen LogP contribution is 2.16. The molecule has 0 aliphatic heterocycles. The number of carbonyl (C=O) groups is 1. The van der Waals surface area contributed by atoms with E-state index in [0.717, 1.165) is 12.8 Å². The normalized spacial score (nSPS) is 14.0. The van der Waals surface area contributed by atoms with Crippen molar-refractivity contribution in [2.24, 2.45) is 0 Å². The van der Waals surface area contributed by atoms with Crippen LogP contribution in [0.15, 0.2) is 0 Å². The van der Waals surface area contributed by atoms with Crippen molar-refractivity contribution in [1.82, 2.24) is 5.32 Å². The first-order valence-electron chi connectivity index (χ1n) is 8.55. The fraction of sp³-hybridized carbons (Fsp3) is 0.941. The van der Waals surface area contributed by atoms with Crippen molar-refractivity contribution in [2.75, 3.05) is 0 Å². The summed E-state index contributed by atoms with van der Waals surface area (Å²) in [6, 6.07) is 0.221. The Morgan fingerprint density at radius 1 is 1.00 bits per heavy atom. The van der Waals surface area contributed by atoms with Crippen molar-refractivity contribution in [2.45, 2.75) is 103 Å². The molecule has 0 aromatic heterocycles. The van der Waals surface area contributed by atoms with E-state index in [4.69, 9.17) is 12.6 Å². The molecule has 0 aromatic carbocycles. The molecular weight excluding hydrogens is 266 g/mol. The van der Waals surface area contributed by atoms with Gasteiger partial charge in [-0.1, -0.05) is 77.8 Å². The highest BCUT2D eigenvalue weighted by Gasteiger charge is 2.11. The maximum Gasteiger partial charge on any atom is 0.219 e. The minimum absolute atomic E-state index is 0.131. The largest absolute Gasteiger partial charge is 0.354 e. The van der Waals surface area contributed by atoms with Crippen molar-refractivity contribution in [3.8, 4) is 0 Å². The van der Waals surface area contributed by atoms with Crippen LogP contribution < -0.4 is 5.32 Å². The zero-order valence-electron chi connectivity index (χ0n) is 13.7. The van der Waals surface area contributed by atoms with Gasteiger partial charge in [0.05, 0.1) is 0 Å². The number of rotatable bonds is 13. The minimum atomic E-state index is 0.131. The van der Waals surface area contributed by atoms with Crippen LogP contribution in [-0.4, -0.2) is 17.2 Å². The summed E-state index contributed by atoms with van der Waals surface area (Å²) in [5, 5.41) is 3.29. The molecule has 0 saturated heterocycles. The molecule has 1 amide bonds. The van der Waals surface area contributed by atoms with Crippen LogP contribution >= 0.6 is 12.6 Å². The first-order valence-corrected chi connectivity index (χ1v) is 9.02. The van der Waals surface area contributed by atoms with Crippen LogP contribution in [0, 0.1) is 0 Å². The summed E-state index contributed by atoms with van der Waals surface area (Å²) < 4.78 is 0. The van der Waals surface area contributed by atoms with E-state index in [1.807, 2.05) is 6.92 Å². The van der Waals surface area contributed by atoms with Gasteiger partial charge in [-0.3, -0.25) is 4.79 Å². The highest BCUT2D eigenvalue weighted by molar-refractivity contribution is 7.80. The molecule has 0 fully saturated rings. The van der Waals surface area contributed by atoms with E-state index >= 15 is 0 Å². The van der Waals surface area contributed by atoms with Gasteiger partial charge in [-0.15, -0.1) is 0 Å². The minimum Gasteiger partial charge on any atom is -0.354 e. The van der Waals surface area contributed by atoms with Gasteiger partial charge in [0.1, 0.15) is 0 Å². The quantitative estimate of drug-likeness (QED) is 0.454. The van der Waals surface area contributed by atoms with Crippen LogP contribution in [0.25, 0.3) is 0 Å². The van der Waals surface area contributed by atoms with E-state index in [0.29, 0.717) is 11.7 Å². The fourth-order valence-electron chi connectivity index (χ4n) is 2.45. The summed E-state index contributed by atoms with van der Waals surface area (Å²) in [4.78, 5) is 11.3. The average molecular weight is 301 g/mol. The second-order valence-corrected chi connectivity index (χ2v) is 6.61. The lowest BCUT2D eigenvalue weighted by Crippen LogP contribution is -2.33. The Kier molecular flexibility index (Phi) is 13.7. The number of carbonyl (C=O) groups excluding carboxylic acids is 1. The zero-order valence-corrected chi connectivity index (χ0v) is 14.6. The third kappa shape index (κ3) is 12.8. The fourth-order valence-corrected chi connectivity index (χ4v) is 2.91. The van der Waals surface area contributed by atoms with Gasteiger partial charge in [-0.05, 0) is 19.8 Å². The molecule has 0 aliphatic rings. The lowest BCUT2D eigenvalue weighted by molar-refractivity contribution is -0.121. The van der Waals surface area contributed by atoms with E-state index in [1.54, 1.807) is 0 Å². The Labute approximate surface area is 131 Å². The molecular formula is C17H34NOS. The molecule has 2 nitrogen and oxygen atoms in total. The summed E-state index contributed by atoms with van der Waals surface area (Å²) >= 11 is 5.49. The predicted molar refractivity (Wildman–Crippen MR) is 91.1 cm³/mol. The Morgan fingerprint density at radius 3 is 2.10 bits per heavy atom. The SMILES string of the molecule is CCCCCCCCCCC([S])CC(C)NC(=O)CC. The molecule has 0 aromatic rings. The molecule has 119 valence electrons. The second kappa shape index (κ2) is 13.8. The number of nitrogens with one attached hydrogen (secondary N) is 1. The number of unbranched alkanes of at least 4 members (excludes halogenated alkanes) is 7. The highest BCUT2D eigenvalue weighted by atomic mass is 32.1. The van der Waals surface area contributed by atoms with Gasteiger partial charge in [0.2, 0.25) is 5.91 Å². The number of hydrogen-bond acceptors (Lipinski definition) is 1. The predicted octanol–water partition coefficient (Wildman–Crippen LogP) is 5.39. The van der Waals surface area contributed by atoms with Crippen molar-refractivity contribution < 1.29 is 4.79 Å². The summed E-state index contributed by atoms with van der Waals surface area (Å²) in [7, 11) is 0. The summed E-state index contributed by atoms with van der Waals surface area (Å²) in [5.74, 6) is 0.131. The van der Waals surface area contributed by atoms with Gasteiger partial charge >= 0.3 is 0 Å². The molecule has 0 spiro atoms. The van der Waals surface area contributed by atoms with Crippen molar-refractivity contribution in [1.29, 1.82) is 0 Å². The first-order chi connectivity index (χ1) is 9.60. The molecule has 20 heavy (non-hydrogen) atoms. The van der Waals surface area contributed by atoms with Crippen LogP contribution in [0.2, 0.25) is 0 Å². The third-order valence-electron chi connectivity index (χ3n) is 3.72. The molecule has 1 N–H and O–H groups in total. The molecule has 0 aliphatic carbocycles. The summed E-state index contributed by atoms with van der Waals surface area (Å²) in [5.41, 5.74) is 0. The molecule has 2 unspecified atom stereocenters. The van der Waals surface area contributed by atoms with E-state index in [9.17, 15) is 4.79 Å². The Bertz CT molecular complexity index is 233. The number of amides is 1. The van der Waals surface area contributed by atoms with Crippen molar-refractivity contribution in [3.63, 3.8) is 0 Å². The van der Waals surface area contributed by atoms with Gasteiger partial charge in [0.25, 0.3) is 0 Å².